The average molecular weight is 485 g/mol. The molecule has 2 aromatic rings. The Morgan fingerprint density at radius 1 is 1.12 bits per heavy atom. The normalized spacial score (nSPS) is 16.8. The van der Waals surface area contributed by atoms with Crippen LogP contribution in [0.25, 0.3) is 0 Å². The third-order valence-corrected chi connectivity index (χ3v) is 7.68. The van der Waals surface area contributed by atoms with Crippen molar-refractivity contribution >= 4 is 15.9 Å². The Bertz CT molecular complexity index is 1040. The van der Waals surface area contributed by atoms with Crippen LogP contribution in [0, 0.1) is 5.92 Å². The van der Waals surface area contributed by atoms with E-state index in [1.807, 2.05) is 30.3 Å². The second kappa shape index (κ2) is 10.6. The number of carbonyl (C=O) groups is 1. The molecular formula is C23H27F3N2O4S. The molecule has 0 saturated carbocycles. The maximum Gasteiger partial charge on any atom is 0.573 e. The second-order valence-corrected chi connectivity index (χ2v) is 9.90. The summed E-state index contributed by atoms with van der Waals surface area (Å²) in [6.45, 7) is 2.78. The molecule has 1 heterocycles. The summed E-state index contributed by atoms with van der Waals surface area (Å²) in [6.07, 6.45) is -3.36. The first-order valence-corrected chi connectivity index (χ1v) is 12.2. The van der Waals surface area contributed by atoms with Gasteiger partial charge in [-0.15, -0.1) is 13.2 Å². The topological polar surface area (TPSA) is 75.7 Å². The lowest BCUT2D eigenvalue weighted by Gasteiger charge is -2.31. The van der Waals surface area contributed by atoms with Crippen LogP contribution in [0.5, 0.6) is 5.75 Å². The molecule has 6 nitrogen and oxygen atoms in total. The second-order valence-electron chi connectivity index (χ2n) is 7.96. The summed E-state index contributed by atoms with van der Waals surface area (Å²) in [5.41, 5.74) is 1.15. The lowest BCUT2D eigenvalue weighted by Crippen LogP contribution is -2.43. The summed E-state index contributed by atoms with van der Waals surface area (Å²) < 4.78 is 68.1. The minimum atomic E-state index is -4.91. The zero-order chi connectivity index (χ0) is 24.1. The number of hydrogen-bond donors (Lipinski definition) is 1. The van der Waals surface area contributed by atoms with Gasteiger partial charge in [0.25, 0.3) is 0 Å². The van der Waals surface area contributed by atoms with Crippen LogP contribution in [0.4, 0.5) is 13.2 Å². The van der Waals surface area contributed by atoms with Crippen molar-refractivity contribution in [2.24, 2.45) is 5.92 Å². The lowest BCUT2D eigenvalue weighted by molar-refractivity contribution is -0.274. The summed E-state index contributed by atoms with van der Waals surface area (Å²) in [5.74, 6) is -0.824. The molecule has 1 fully saturated rings. The number of amides is 1. The van der Waals surface area contributed by atoms with Crippen LogP contribution in [0.3, 0.4) is 0 Å². The largest absolute Gasteiger partial charge is 0.573 e. The Kier molecular flexibility index (Phi) is 8.01. The summed E-state index contributed by atoms with van der Waals surface area (Å²) in [6, 6.07) is 14.2. The summed E-state index contributed by atoms with van der Waals surface area (Å²) in [4.78, 5) is 12.4. The number of alkyl halides is 3. The zero-order valence-electron chi connectivity index (χ0n) is 18.2. The molecular weight excluding hydrogens is 457 g/mol. The molecule has 1 saturated heterocycles. The molecule has 1 amide bonds. The molecule has 10 heteroatoms. The Labute approximate surface area is 191 Å². The number of nitrogens with zero attached hydrogens (tertiary/aromatic N) is 1. The maximum absolute atomic E-state index is 12.9. The average Bonchev–Trinajstić information content (AvgIpc) is 2.79. The van der Waals surface area contributed by atoms with E-state index >= 15 is 0 Å². The van der Waals surface area contributed by atoms with Crippen LogP contribution in [-0.4, -0.2) is 44.6 Å². The van der Waals surface area contributed by atoms with E-state index in [1.165, 1.54) is 16.4 Å². The molecule has 0 aliphatic carbocycles. The van der Waals surface area contributed by atoms with Gasteiger partial charge in [-0.3, -0.25) is 4.79 Å². The molecule has 0 radical (unpaired) electrons. The van der Waals surface area contributed by atoms with Gasteiger partial charge < -0.3 is 10.1 Å². The number of piperidine rings is 1. The van der Waals surface area contributed by atoms with Gasteiger partial charge in [-0.1, -0.05) is 43.3 Å². The number of halogens is 3. The van der Waals surface area contributed by atoms with Gasteiger partial charge in [0.1, 0.15) is 5.75 Å². The van der Waals surface area contributed by atoms with E-state index in [-0.39, 0.29) is 35.7 Å². The van der Waals surface area contributed by atoms with E-state index in [9.17, 15) is 26.4 Å². The summed E-state index contributed by atoms with van der Waals surface area (Å²) in [5, 5.41) is 2.99. The number of nitrogens with one attached hydrogen (secondary N) is 1. The minimum absolute atomic E-state index is 0.109. The number of rotatable bonds is 8. The van der Waals surface area contributed by atoms with E-state index < -0.39 is 22.1 Å². The van der Waals surface area contributed by atoms with Crippen LogP contribution in [0.2, 0.25) is 0 Å². The monoisotopic (exact) mass is 484 g/mol. The van der Waals surface area contributed by atoms with Crippen LogP contribution in [0.1, 0.15) is 37.7 Å². The van der Waals surface area contributed by atoms with Gasteiger partial charge in [0.05, 0.1) is 4.90 Å². The quantitative estimate of drug-likeness (QED) is 0.606. The van der Waals surface area contributed by atoms with Crippen LogP contribution < -0.4 is 10.1 Å². The van der Waals surface area contributed by atoms with Crippen molar-refractivity contribution in [1.82, 2.24) is 9.62 Å². The van der Waals surface area contributed by atoms with Crippen molar-refractivity contribution in [2.75, 3.05) is 19.6 Å². The molecule has 33 heavy (non-hydrogen) atoms. The smallest absolute Gasteiger partial charge is 0.406 e. The highest BCUT2D eigenvalue weighted by Gasteiger charge is 2.34. The number of hydrogen-bond acceptors (Lipinski definition) is 4. The highest BCUT2D eigenvalue weighted by atomic mass is 32.2. The number of ether oxygens (including phenoxy) is 1. The van der Waals surface area contributed by atoms with Crippen LogP contribution in [0.15, 0.2) is 59.5 Å². The maximum atomic E-state index is 12.9. The molecule has 0 bridgehead atoms. The Morgan fingerprint density at radius 3 is 2.39 bits per heavy atom. The van der Waals surface area contributed by atoms with Crippen molar-refractivity contribution in [1.29, 1.82) is 0 Å². The van der Waals surface area contributed by atoms with Gasteiger partial charge in [0, 0.05) is 37.5 Å². The van der Waals surface area contributed by atoms with Gasteiger partial charge >= 0.3 is 6.36 Å². The van der Waals surface area contributed by atoms with E-state index in [4.69, 9.17) is 0 Å². The first-order valence-electron chi connectivity index (χ1n) is 10.8. The molecule has 1 aliphatic rings. The highest BCUT2D eigenvalue weighted by molar-refractivity contribution is 7.89. The summed E-state index contributed by atoms with van der Waals surface area (Å²) in [7, 11) is -4.00. The third-order valence-electron chi connectivity index (χ3n) is 5.79. The lowest BCUT2D eigenvalue weighted by atomic mass is 9.94. The molecule has 1 unspecified atom stereocenters. The standard InChI is InChI=1S/C23H27F3N2O4S/c1-2-17(18-7-4-3-5-8-18)16-27-22(29)19-11-13-28(14-12-19)33(30,31)21-10-6-9-20(15-21)32-23(24,25)26/h3-10,15,17,19H,2,11-14,16H2,1H3,(H,27,29). The van der Waals surface area contributed by atoms with Crippen LogP contribution in [-0.2, 0) is 14.8 Å². The highest BCUT2D eigenvalue weighted by Crippen LogP contribution is 2.29. The predicted octanol–water partition coefficient (Wildman–Crippen LogP) is 4.30. The van der Waals surface area contributed by atoms with Gasteiger partial charge in [-0.2, -0.15) is 4.31 Å². The fourth-order valence-electron chi connectivity index (χ4n) is 3.93. The van der Waals surface area contributed by atoms with Gasteiger partial charge in [0.15, 0.2) is 0 Å². The van der Waals surface area contributed by atoms with E-state index in [2.05, 4.69) is 17.0 Å². The number of carbonyl (C=O) groups excluding carboxylic acids is 1. The fourth-order valence-corrected chi connectivity index (χ4v) is 5.44. The van der Waals surface area contributed by atoms with Crippen molar-refractivity contribution in [3.05, 3.63) is 60.2 Å². The Hall–Kier alpha value is -2.59. The van der Waals surface area contributed by atoms with Crippen molar-refractivity contribution in [2.45, 2.75) is 43.4 Å². The first kappa shape index (κ1) is 25.0. The Morgan fingerprint density at radius 2 is 1.79 bits per heavy atom. The van der Waals surface area contributed by atoms with Crippen molar-refractivity contribution in [3.8, 4) is 5.75 Å². The zero-order valence-corrected chi connectivity index (χ0v) is 19.0. The molecule has 1 N–H and O–H groups in total. The molecule has 0 spiro atoms. The van der Waals surface area contributed by atoms with Gasteiger partial charge in [-0.25, -0.2) is 8.42 Å². The third kappa shape index (κ3) is 6.70. The molecule has 3 rings (SSSR count). The summed E-state index contributed by atoms with van der Waals surface area (Å²) >= 11 is 0. The van der Waals surface area contributed by atoms with E-state index in [0.717, 1.165) is 24.1 Å². The SMILES string of the molecule is CCC(CNC(=O)C1CCN(S(=O)(=O)c2cccc(OC(F)(F)F)c2)CC1)c1ccccc1. The Balaban J connectivity index is 1.56. The number of benzene rings is 2. The van der Waals surface area contributed by atoms with Gasteiger partial charge in [0.2, 0.25) is 15.9 Å². The first-order chi connectivity index (χ1) is 15.6. The fraction of sp³-hybridized carbons (Fsp3) is 0.435. The minimum Gasteiger partial charge on any atom is -0.406 e. The van der Waals surface area contributed by atoms with E-state index in [1.54, 1.807) is 0 Å². The molecule has 1 aliphatic heterocycles. The molecule has 2 aromatic carbocycles. The molecule has 0 aromatic heterocycles. The predicted molar refractivity (Wildman–Crippen MR) is 117 cm³/mol. The van der Waals surface area contributed by atoms with Crippen molar-refractivity contribution in [3.63, 3.8) is 0 Å². The van der Waals surface area contributed by atoms with Gasteiger partial charge in [-0.05, 0) is 37.0 Å². The number of sulfonamides is 1. The molecule has 180 valence electrons. The van der Waals surface area contributed by atoms with E-state index in [0.29, 0.717) is 19.4 Å². The van der Waals surface area contributed by atoms with Crippen molar-refractivity contribution < 1.29 is 31.1 Å². The molecule has 1 atom stereocenters. The van der Waals surface area contributed by atoms with Crippen LogP contribution >= 0.6 is 0 Å².